The zero-order chi connectivity index (χ0) is 16.7. The number of pyridine rings is 1. The predicted molar refractivity (Wildman–Crippen MR) is 90.4 cm³/mol. The Balaban J connectivity index is 2.16. The maximum Gasteiger partial charge on any atom is 0.272 e. The number of carbonyl (C=O) groups is 1. The minimum atomic E-state index is -0.308. The first-order valence-electron chi connectivity index (χ1n) is 7.92. The molecule has 0 radical (unpaired) electrons. The van der Waals surface area contributed by atoms with Gasteiger partial charge < -0.3 is 10.2 Å². The SMILES string of the molecule is CCCN(CCC)C(=O)c1cc(Nc2cccc(F)c2)ccn1. The first-order valence-corrected chi connectivity index (χ1v) is 7.92. The van der Waals surface area contributed by atoms with Crippen LogP contribution >= 0.6 is 0 Å². The van der Waals surface area contributed by atoms with E-state index in [1.165, 1.54) is 12.1 Å². The Bertz CT molecular complexity index is 654. The molecule has 1 aromatic carbocycles. The number of amides is 1. The minimum absolute atomic E-state index is 0.0726. The summed E-state index contributed by atoms with van der Waals surface area (Å²) in [6, 6.07) is 9.65. The van der Waals surface area contributed by atoms with Crippen LogP contribution in [-0.2, 0) is 0 Å². The molecular weight excluding hydrogens is 293 g/mol. The predicted octanol–water partition coefficient (Wildman–Crippen LogP) is 4.23. The molecule has 0 atom stereocenters. The van der Waals surface area contributed by atoms with Gasteiger partial charge in [-0.3, -0.25) is 9.78 Å². The lowest BCUT2D eigenvalue weighted by atomic mass is 10.2. The van der Waals surface area contributed by atoms with Crippen molar-refractivity contribution in [3.05, 3.63) is 54.1 Å². The summed E-state index contributed by atoms with van der Waals surface area (Å²) in [6.45, 7) is 5.53. The van der Waals surface area contributed by atoms with E-state index < -0.39 is 0 Å². The highest BCUT2D eigenvalue weighted by Crippen LogP contribution is 2.18. The van der Waals surface area contributed by atoms with Crippen LogP contribution in [-0.4, -0.2) is 28.9 Å². The number of carbonyl (C=O) groups excluding carboxylic acids is 1. The second-order valence-electron chi connectivity index (χ2n) is 5.36. The van der Waals surface area contributed by atoms with Crippen LogP contribution in [0.25, 0.3) is 0 Å². The lowest BCUT2D eigenvalue weighted by Gasteiger charge is -2.21. The van der Waals surface area contributed by atoms with Gasteiger partial charge in [0, 0.05) is 30.7 Å². The quantitative estimate of drug-likeness (QED) is 0.832. The van der Waals surface area contributed by atoms with Crippen LogP contribution in [0.1, 0.15) is 37.2 Å². The van der Waals surface area contributed by atoms with Gasteiger partial charge in [-0.25, -0.2) is 4.39 Å². The molecule has 0 aliphatic carbocycles. The number of halogens is 1. The minimum Gasteiger partial charge on any atom is -0.355 e. The van der Waals surface area contributed by atoms with Crippen molar-refractivity contribution >= 4 is 17.3 Å². The van der Waals surface area contributed by atoms with E-state index >= 15 is 0 Å². The molecule has 23 heavy (non-hydrogen) atoms. The molecule has 0 saturated heterocycles. The van der Waals surface area contributed by atoms with Crippen molar-refractivity contribution in [2.75, 3.05) is 18.4 Å². The molecule has 0 unspecified atom stereocenters. The number of nitrogens with one attached hydrogen (secondary N) is 1. The number of benzene rings is 1. The molecule has 0 aliphatic rings. The summed E-state index contributed by atoms with van der Waals surface area (Å²) in [5, 5.41) is 3.09. The van der Waals surface area contributed by atoms with Gasteiger partial charge in [-0.05, 0) is 43.2 Å². The molecule has 1 aromatic heterocycles. The van der Waals surface area contributed by atoms with Crippen molar-refractivity contribution < 1.29 is 9.18 Å². The summed E-state index contributed by atoms with van der Waals surface area (Å²) in [5.41, 5.74) is 1.74. The zero-order valence-electron chi connectivity index (χ0n) is 13.6. The van der Waals surface area contributed by atoms with Gasteiger partial charge in [-0.15, -0.1) is 0 Å². The lowest BCUT2D eigenvalue weighted by molar-refractivity contribution is 0.0749. The Hall–Kier alpha value is -2.43. The largest absolute Gasteiger partial charge is 0.355 e. The molecule has 1 heterocycles. The standard InChI is InChI=1S/C18H22FN3O/c1-3-10-22(11-4-2)18(23)17-13-16(8-9-20-17)21-15-7-5-6-14(19)12-15/h5-9,12-13H,3-4,10-11H2,1-2H3,(H,20,21). The maximum atomic E-state index is 13.2. The van der Waals surface area contributed by atoms with Crippen LogP contribution in [0.2, 0.25) is 0 Å². The molecule has 2 aromatic rings. The summed E-state index contributed by atoms with van der Waals surface area (Å²) in [4.78, 5) is 18.6. The Morgan fingerprint density at radius 2 is 1.83 bits per heavy atom. The van der Waals surface area contributed by atoms with Gasteiger partial charge >= 0.3 is 0 Å². The molecule has 0 saturated carbocycles. The monoisotopic (exact) mass is 315 g/mol. The average molecular weight is 315 g/mol. The number of anilines is 2. The summed E-state index contributed by atoms with van der Waals surface area (Å²) in [5.74, 6) is -0.381. The van der Waals surface area contributed by atoms with E-state index in [2.05, 4.69) is 10.3 Å². The van der Waals surface area contributed by atoms with Crippen LogP contribution in [0.15, 0.2) is 42.6 Å². The Labute approximate surface area is 136 Å². The van der Waals surface area contributed by atoms with E-state index in [1.807, 2.05) is 18.7 Å². The van der Waals surface area contributed by atoms with Gasteiger partial charge in [-0.2, -0.15) is 0 Å². The molecule has 0 bridgehead atoms. The van der Waals surface area contributed by atoms with E-state index in [0.29, 0.717) is 17.1 Å². The Morgan fingerprint density at radius 3 is 2.48 bits per heavy atom. The van der Waals surface area contributed by atoms with Gasteiger partial charge in [-0.1, -0.05) is 19.9 Å². The maximum absolute atomic E-state index is 13.2. The van der Waals surface area contributed by atoms with E-state index in [1.54, 1.807) is 30.5 Å². The molecule has 1 amide bonds. The van der Waals surface area contributed by atoms with Crippen molar-refractivity contribution in [3.8, 4) is 0 Å². The molecule has 0 fully saturated rings. The van der Waals surface area contributed by atoms with Crippen LogP contribution in [0.4, 0.5) is 15.8 Å². The van der Waals surface area contributed by atoms with Crippen LogP contribution in [0, 0.1) is 5.82 Å². The molecule has 4 nitrogen and oxygen atoms in total. The zero-order valence-corrected chi connectivity index (χ0v) is 13.6. The highest BCUT2D eigenvalue weighted by molar-refractivity contribution is 5.93. The van der Waals surface area contributed by atoms with Crippen molar-refractivity contribution in [2.45, 2.75) is 26.7 Å². The van der Waals surface area contributed by atoms with Gasteiger partial charge in [0.1, 0.15) is 11.5 Å². The first kappa shape index (κ1) is 16.9. The molecule has 5 heteroatoms. The van der Waals surface area contributed by atoms with E-state index in [9.17, 15) is 9.18 Å². The molecule has 1 N–H and O–H groups in total. The van der Waals surface area contributed by atoms with Crippen LogP contribution in [0.5, 0.6) is 0 Å². The van der Waals surface area contributed by atoms with Gasteiger partial charge in [0.15, 0.2) is 0 Å². The Kier molecular flexibility index (Phi) is 6.09. The molecule has 0 spiro atoms. The van der Waals surface area contributed by atoms with Crippen LogP contribution in [0.3, 0.4) is 0 Å². The fourth-order valence-corrected chi connectivity index (χ4v) is 2.37. The molecule has 2 rings (SSSR count). The van der Waals surface area contributed by atoms with Crippen molar-refractivity contribution in [3.63, 3.8) is 0 Å². The summed E-state index contributed by atoms with van der Waals surface area (Å²) >= 11 is 0. The molecule has 0 aliphatic heterocycles. The van der Waals surface area contributed by atoms with E-state index in [4.69, 9.17) is 0 Å². The molecular formula is C18H22FN3O. The summed E-state index contributed by atoms with van der Waals surface area (Å²) in [7, 11) is 0. The third kappa shape index (κ3) is 4.77. The molecule has 122 valence electrons. The summed E-state index contributed by atoms with van der Waals surface area (Å²) < 4.78 is 13.2. The number of hydrogen-bond donors (Lipinski definition) is 1. The third-order valence-corrected chi connectivity index (χ3v) is 3.37. The third-order valence-electron chi connectivity index (χ3n) is 3.37. The lowest BCUT2D eigenvalue weighted by Crippen LogP contribution is -2.33. The van der Waals surface area contributed by atoms with Gasteiger partial charge in [0.2, 0.25) is 0 Å². The first-order chi connectivity index (χ1) is 11.1. The highest BCUT2D eigenvalue weighted by atomic mass is 19.1. The summed E-state index contributed by atoms with van der Waals surface area (Å²) in [6.07, 6.45) is 3.41. The van der Waals surface area contributed by atoms with E-state index in [-0.39, 0.29) is 11.7 Å². The number of rotatable bonds is 7. The van der Waals surface area contributed by atoms with Crippen molar-refractivity contribution in [1.29, 1.82) is 0 Å². The second-order valence-corrected chi connectivity index (χ2v) is 5.36. The number of hydrogen-bond acceptors (Lipinski definition) is 3. The van der Waals surface area contributed by atoms with Gasteiger partial charge in [0.25, 0.3) is 5.91 Å². The van der Waals surface area contributed by atoms with Crippen molar-refractivity contribution in [1.82, 2.24) is 9.88 Å². The fraction of sp³-hybridized carbons (Fsp3) is 0.333. The smallest absolute Gasteiger partial charge is 0.272 e. The van der Waals surface area contributed by atoms with E-state index in [0.717, 1.165) is 25.9 Å². The van der Waals surface area contributed by atoms with Gasteiger partial charge in [0.05, 0.1) is 0 Å². The number of aromatic nitrogens is 1. The highest BCUT2D eigenvalue weighted by Gasteiger charge is 2.15. The second kappa shape index (κ2) is 8.27. The topological polar surface area (TPSA) is 45.2 Å². The van der Waals surface area contributed by atoms with Crippen molar-refractivity contribution in [2.24, 2.45) is 0 Å². The normalized spacial score (nSPS) is 10.4. The average Bonchev–Trinajstić information content (AvgIpc) is 2.54. The fourth-order valence-electron chi connectivity index (χ4n) is 2.37. The Morgan fingerprint density at radius 1 is 1.13 bits per heavy atom. The van der Waals surface area contributed by atoms with Crippen LogP contribution < -0.4 is 5.32 Å². The number of nitrogens with zero attached hydrogens (tertiary/aromatic N) is 2.